The van der Waals surface area contributed by atoms with E-state index in [0.29, 0.717) is 5.92 Å². The maximum absolute atomic E-state index is 13.1. The third-order valence-electron chi connectivity index (χ3n) is 3.17. The first-order chi connectivity index (χ1) is 8.86. The van der Waals surface area contributed by atoms with Crippen LogP contribution in [0, 0.1) is 17.2 Å². The molecule has 0 radical (unpaired) electrons. The Balaban J connectivity index is 2.68. The minimum atomic E-state index is -0.372. The van der Waals surface area contributed by atoms with Gasteiger partial charge in [-0.2, -0.15) is 0 Å². The zero-order valence-electron chi connectivity index (χ0n) is 12.0. The standard InChI is InChI=1S/C16H23ClFN/c1-5-16(4,11-19-10-12(2)3)9-13-6-7-15(18)14(17)8-13/h5-8,12,19H,1,9-11H2,2-4H3. The normalized spacial score (nSPS) is 14.4. The molecule has 0 spiro atoms. The number of benzene rings is 1. The van der Waals surface area contributed by atoms with E-state index in [0.717, 1.165) is 25.1 Å². The van der Waals surface area contributed by atoms with Crippen LogP contribution in [0.25, 0.3) is 0 Å². The lowest BCUT2D eigenvalue weighted by atomic mass is 9.83. The highest BCUT2D eigenvalue weighted by Crippen LogP contribution is 2.25. The molecule has 0 saturated heterocycles. The second-order valence-electron chi connectivity index (χ2n) is 5.81. The number of halogens is 2. The molecule has 1 rings (SSSR count). The Hall–Kier alpha value is -0.860. The maximum atomic E-state index is 13.1. The fraction of sp³-hybridized carbons (Fsp3) is 0.500. The number of hydrogen-bond acceptors (Lipinski definition) is 1. The SMILES string of the molecule is C=CC(C)(CNCC(C)C)Cc1ccc(F)c(Cl)c1. The molecule has 1 nitrogen and oxygen atoms in total. The van der Waals surface area contributed by atoms with Crippen molar-refractivity contribution < 1.29 is 4.39 Å². The van der Waals surface area contributed by atoms with E-state index in [1.54, 1.807) is 12.1 Å². The van der Waals surface area contributed by atoms with Crippen LogP contribution < -0.4 is 5.32 Å². The summed E-state index contributed by atoms with van der Waals surface area (Å²) in [5, 5.41) is 3.62. The molecule has 0 aliphatic rings. The molecule has 0 aromatic heterocycles. The molecule has 0 aliphatic heterocycles. The van der Waals surface area contributed by atoms with E-state index in [1.807, 2.05) is 6.08 Å². The van der Waals surface area contributed by atoms with Crippen molar-refractivity contribution in [3.63, 3.8) is 0 Å². The van der Waals surface area contributed by atoms with Crippen LogP contribution in [-0.4, -0.2) is 13.1 Å². The summed E-state index contributed by atoms with van der Waals surface area (Å²) in [6.45, 7) is 12.3. The summed E-state index contributed by atoms with van der Waals surface area (Å²) in [5.41, 5.74) is 0.968. The van der Waals surface area contributed by atoms with Gasteiger partial charge in [-0.25, -0.2) is 4.39 Å². The summed E-state index contributed by atoms with van der Waals surface area (Å²) in [7, 11) is 0. The topological polar surface area (TPSA) is 12.0 Å². The zero-order valence-corrected chi connectivity index (χ0v) is 12.7. The van der Waals surface area contributed by atoms with Gasteiger partial charge in [-0.1, -0.05) is 44.5 Å². The Morgan fingerprint density at radius 1 is 1.47 bits per heavy atom. The first-order valence-corrected chi connectivity index (χ1v) is 7.02. The molecular weight excluding hydrogens is 261 g/mol. The van der Waals surface area contributed by atoms with E-state index in [4.69, 9.17) is 11.6 Å². The quantitative estimate of drug-likeness (QED) is 0.729. The third-order valence-corrected chi connectivity index (χ3v) is 3.46. The minimum Gasteiger partial charge on any atom is -0.316 e. The summed E-state index contributed by atoms with van der Waals surface area (Å²) in [6.07, 6.45) is 2.75. The number of hydrogen-bond donors (Lipinski definition) is 1. The van der Waals surface area contributed by atoms with Crippen LogP contribution in [0.15, 0.2) is 30.9 Å². The first-order valence-electron chi connectivity index (χ1n) is 6.64. The highest BCUT2D eigenvalue weighted by Gasteiger charge is 2.21. The van der Waals surface area contributed by atoms with Crippen molar-refractivity contribution in [2.75, 3.05) is 13.1 Å². The average Bonchev–Trinajstić information content (AvgIpc) is 2.33. The molecule has 0 heterocycles. The van der Waals surface area contributed by atoms with Crippen LogP contribution in [-0.2, 0) is 6.42 Å². The molecule has 0 saturated carbocycles. The number of rotatable bonds is 7. The van der Waals surface area contributed by atoms with Crippen molar-refractivity contribution in [3.05, 3.63) is 47.3 Å². The van der Waals surface area contributed by atoms with Crippen LogP contribution in [0.5, 0.6) is 0 Å². The minimum absolute atomic E-state index is 0.0595. The van der Waals surface area contributed by atoms with E-state index in [9.17, 15) is 4.39 Å². The van der Waals surface area contributed by atoms with Gasteiger partial charge in [0.25, 0.3) is 0 Å². The van der Waals surface area contributed by atoms with Crippen LogP contribution in [0.1, 0.15) is 26.3 Å². The molecule has 0 bridgehead atoms. The summed E-state index contributed by atoms with van der Waals surface area (Å²) in [5.74, 6) is 0.248. The largest absolute Gasteiger partial charge is 0.316 e. The highest BCUT2D eigenvalue weighted by molar-refractivity contribution is 6.30. The molecule has 1 atom stereocenters. The lowest BCUT2D eigenvalue weighted by molar-refractivity contribution is 0.378. The van der Waals surface area contributed by atoms with Gasteiger partial charge in [0, 0.05) is 12.0 Å². The van der Waals surface area contributed by atoms with Crippen molar-refractivity contribution in [1.82, 2.24) is 5.32 Å². The molecule has 0 fully saturated rings. The van der Waals surface area contributed by atoms with Crippen LogP contribution in [0.4, 0.5) is 4.39 Å². The van der Waals surface area contributed by atoms with Gasteiger partial charge in [-0.05, 0) is 36.6 Å². The Labute approximate surface area is 120 Å². The summed E-state index contributed by atoms with van der Waals surface area (Å²) in [6, 6.07) is 4.90. The number of nitrogens with one attached hydrogen (secondary N) is 1. The van der Waals surface area contributed by atoms with Crippen molar-refractivity contribution in [2.45, 2.75) is 27.2 Å². The smallest absolute Gasteiger partial charge is 0.141 e. The molecular formula is C16H23ClFN. The van der Waals surface area contributed by atoms with Crippen molar-refractivity contribution in [1.29, 1.82) is 0 Å². The van der Waals surface area contributed by atoms with Gasteiger partial charge in [0.05, 0.1) is 5.02 Å². The van der Waals surface area contributed by atoms with Crippen molar-refractivity contribution in [2.24, 2.45) is 11.3 Å². The molecule has 1 aromatic carbocycles. The van der Waals surface area contributed by atoms with E-state index in [-0.39, 0.29) is 16.3 Å². The maximum Gasteiger partial charge on any atom is 0.141 e. The molecule has 1 aromatic rings. The Kier molecular flexibility index (Phi) is 6.02. The van der Waals surface area contributed by atoms with Crippen LogP contribution >= 0.6 is 11.6 Å². The van der Waals surface area contributed by atoms with E-state index in [2.05, 4.69) is 32.7 Å². The monoisotopic (exact) mass is 283 g/mol. The Bertz CT molecular complexity index is 431. The molecule has 0 amide bonds. The molecule has 0 aliphatic carbocycles. The van der Waals surface area contributed by atoms with Crippen LogP contribution in [0.2, 0.25) is 5.02 Å². The van der Waals surface area contributed by atoms with Gasteiger partial charge < -0.3 is 5.32 Å². The predicted molar refractivity (Wildman–Crippen MR) is 81.1 cm³/mol. The summed E-state index contributed by atoms with van der Waals surface area (Å²) >= 11 is 5.82. The predicted octanol–water partition coefficient (Wildman–Crippen LogP) is 4.46. The van der Waals surface area contributed by atoms with Gasteiger partial charge in [0.2, 0.25) is 0 Å². The van der Waals surface area contributed by atoms with Gasteiger partial charge in [-0.15, -0.1) is 6.58 Å². The van der Waals surface area contributed by atoms with Gasteiger partial charge in [0.1, 0.15) is 5.82 Å². The van der Waals surface area contributed by atoms with E-state index < -0.39 is 0 Å². The summed E-state index contributed by atoms with van der Waals surface area (Å²) < 4.78 is 13.1. The Morgan fingerprint density at radius 3 is 2.68 bits per heavy atom. The van der Waals surface area contributed by atoms with Gasteiger partial charge >= 0.3 is 0 Å². The zero-order chi connectivity index (χ0) is 14.5. The van der Waals surface area contributed by atoms with E-state index in [1.165, 1.54) is 6.07 Å². The van der Waals surface area contributed by atoms with Crippen molar-refractivity contribution >= 4 is 11.6 Å². The Morgan fingerprint density at radius 2 is 2.16 bits per heavy atom. The summed E-state index contributed by atoms with van der Waals surface area (Å²) in [4.78, 5) is 0. The highest BCUT2D eigenvalue weighted by atomic mass is 35.5. The van der Waals surface area contributed by atoms with Crippen molar-refractivity contribution in [3.8, 4) is 0 Å². The first kappa shape index (κ1) is 16.2. The molecule has 106 valence electrons. The van der Waals surface area contributed by atoms with Gasteiger partial charge in [0.15, 0.2) is 0 Å². The third kappa shape index (κ3) is 5.33. The van der Waals surface area contributed by atoms with E-state index >= 15 is 0 Å². The lowest BCUT2D eigenvalue weighted by Crippen LogP contribution is -2.34. The fourth-order valence-electron chi connectivity index (χ4n) is 1.97. The molecule has 19 heavy (non-hydrogen) atoms. The molecule has 3 heteroatoms. The fourth-order valence-corrected chi connectivity index (χ4v) is 2.17. The average molecular weight is 284 g/mol. The molecule has 1 N–H and O–H groups in total. The van der Waals surface area contributed by atoms with Gasteiger partial charge in [-0.3, -0.25) is 0 Å². The molecule has 1 unspecified atom stereocenters. The lowest BCUT2D eigenvalue weighted by Gasteiger charge is -2.27. The second-order valence-corrected chi connectivity index (χ2v) is 6.22. The second kappa shape index (κ2) is 7.06. The van der Waals surface area contributed by atoms with Crippen LogP contribution in [0.3, 0.4) is 0 Å².